The Morgan fingerprint density at radius 1 is 1.13 bits per heavy atom. The van der Waals surface area contributed by atoms with Gasteiger partial charge in [0, 0.05) is 12.6 Å². The molecule has 23 heavy (non-hydrogen) atoms. The third kappa shape index (κ3) is 2.44. The van der Waals surface area contributed by atoms with Gasteiger partial charge in [-0.3, -0.25) is 9.69 Å². The van der Waals surface area contributed by atoms with Crippen LogP contribution in [0.25, 0.3) is 22.1 Å². The lowest BCUT2D eigenvalue weighted by Crippen LogP contribution is -2.26. The number of hydrogen-bond acceptors (Lipinski definition) is 3. The molecule has 1 heterocycles. The molecule has 5 nitrogen and oxygen atoms in total. The maximum atomic E-state index is 14.2. The molecule has 0 saturated carbocycles. The van der Waals surface area contributed by atoms with Crippen molar-refractivity contribution < 1.29 is 18.7 Å². The highest BCUT2D eigenvalue weighted by atomic mass is 19.1. The minimum absolute atomic E-state index is 0.00453. The number of halogens is 1. The Morgan fingerprint density at radius 3 is 2.48 bits per heavy atom. The van der Waals surface area contributed by atoms with E-state index in [1.807, 2.05) is 0 Å². The molecule has 6 heteroatoms. The van der Waals surface area contributed by atoms with Crippen molar-refractivity contribution in [1.29, 1.82) is 0 Å². The minimum atomic E-state index is -1.32. The average Bonchev–Trinajstić information content (AvgIpc) is 2.55. The quantitative estimate of drug-likeness (QED) is 0.783. The van der Waals surface area contributed by atoms with E-state index in [2.05, 4.69) is 0 Å². The van der Waals surface area contributed by atoms with Crippen molar-refractivity contribution in [2.45, 2.75) is 0 Å². The Labute approximate surface area is 130 Å². The van der Waals surface area contributed by atoms with Crippen LogP contribution >= 0.6 is 0 Å². The van der Waals surface area contributed by atoms with Crippen molar-refractivity contribution >= 4 is 22.9 Å². The van der Waals surface area contributed by atoms with Gasteiger partial charge in [0.25, 0.3) is 0 Å². The number of hydrogen-bond donors (Lipinski definition) is 1. The summed E-state index contributed by atoms with van der Waals surface area (Å²) in [7, 11) is 1.24. The lowest BCUT2D eigenvalue weighted by molar-refractivity contribution is 0.202. The molecule has 116 valence electrons. The first-order chi connectivity index (χ1) is 11.0. The van der Waals surface area contributed by atoms with E-state index in [4.69, 9.17) is 4.42 Å². The van der Waals surface area contributed by atoms with Crippen LogP contribution in [-0.4, -0.2) is 18.2 Å². The van der Waals surface area contributed by atoms with Crippen molar-refractivity contribution in [3.8, 4) is 11.1 Å². The summed E-state index contributed by atoms with van der Waals surface area (Å²) in [4.78, 5) is 24.8. The van der Waals surface area contributed by atoms with E-state index in [0.29, 0.717) is 0 Å². The van der Waals surface area contributed by atoms with Gasteiger partial charge in [0.05, 0.1) is 10.9 Å². The lowest BCUT2D eigenvalue weighted by atomic mass is 10.0. The van der Waals surface area contributed by atoms with Crippen molar-refractivity contribution in [2.75, 3.05) is 11.9 Å². The standard InChI is InChI=1S/C17H12FNO4/c1-19(17(21)22)16-14(10-6-2-4-8-12(10)18)15(20)11-7-3-5-9-13(11)23-16/h2-9H,1H3,(H,21,22). The van der Waals surface area contributed by atoms with Crippen LogP contribution < -0.4 is 10.3 Å². The summed E-state index contributed by atoms with van der Waals surface area (Å²) in [6.45, 7) is 0. The van der Waals surface area contributed by atoms with Crippen LogP contribution in [0.3, 0.4) is 0 Å². The molecular formula is C17H12FNO4. The SMILES string of the molecule is CN(C(=O)O)c1oc2ccccc2c(=O)c1-c1ccccc1F. The van der Waals surface area contributed by atoms with E-state index in [9.17, 15) is 19.1 Å². The van der Waals surface area contributed by atoms with Crippen molar-refractivity contribution in [2.24, 2.45) is 0 Å². The van der Waals surface area contributed by atoms with Crippen molar-refractivity contribution in [3.05, 3.63) is 64.6 Å². The molecule has 0 bridgehead atoms. The number of amides is 1. The van der Waals surface area contributed by atoms with Crippen LogP contribution in [0.1, 0.15) is 0 Å². The number of rotatable bonds is 2. The first kappa shape index (κ1) is 14.8. The van der Waals surface area contributed by atoms with E-state index < -0.39 is 17.3 Å². The molecule has 3 rings (SSSR count). The molecule has 1 aromatic heterocycles. The molecule has 0 saturated heterocycles. The molecule has 0 radical (unpaired) electrons. The number of benzene rings is 2. The van der Waals surface area contributed by atoms with Crippen LogP contribution in [0.2, 0.25) is 0 Å². The molecule has 0 aliphatic heterocycles. The monoisotopic (exact) mass is 313 g/mol. The van der Waals surface area contributed by atoms with Crippen LogP contribution in [0, 0.1) is 5.82 Å². The average molecular weight is 313 g/mol. The van der Waals surface area contributed by atoms with Gasteiger partial charge in [0.15, 0.2) is 0 Å². The van der Waals surface area contributed by atoms with Gasteiger partial charge in [-0.25, -0.2) is 9.18 Å². The van der Waals surface area contributed by atoms with Gasteiger partial charge in [-0.1, -0.05) is 30.3 Å². The predicted molar refractivity (Wildman–Crippen MR) is 84.3 cm³/mol. The normalized spacial score (nSPS) is 10.7. The zero-order valence-corrected chi connectivity index (χ0v) is 12.1. The van der Waals surface area contributed by atoms with Gasteiger partial charge >= 0.3 is 6.09 Å². The lowest BCUT2D eigenvalue weighted by Gasteiger charge is -2.16. The Bertz CT molecular complexity index is 964. The van der Waals surface area contributed by atoms with E-state index in [1.54, 1.807) is 30.3 Å². The van der Waals surface area contributed by atoms with Crippen LogP contribution in [0.5, 0.6) is 0 Å². The zero-order valence-electron chi connectivity index (χ0n) is 12.1. The number of carboxylic acid groups (broad SMARTS) is 1. The maximum absolute atomic E-state index is 14.2. The zero-order chi connectivity index (χ0) is 16.6. The fourth-order valence-corrected chi connectivity index (χ4v) is 2.35. The first-order valence-corrected chi connectivity index (χ1v) is 6.78. The molecule has 0 spiro atoms. The summed E-state index contributed by atoms with van der Waals surface area (Å²) >= 11 is 0. The highest BCUT2D eigenvalue weighted by Crippen LogP contribution is 2.32. The number of anilines is 1. The molecule has 2 aromatic carbocycles. The summed E-state index contributed by atoms with van der Waals surface area (Å²) in [5, 5.41) is 9.47. The first-order valence-electron chi connectivity index (χ1n) is 6.78. The number of para-hydroxylation sites is 1. The highest BCUT2D eigenvalue weighted by Gasteiger charge is 2.24. The van der Waals surface area contributed by atoms with Crippen molar-refractivity contribution in [3.63, 3.8) is 0 Å². The van der Waals surface area contributed by atoms with E-state index in [1.165, 1.54) is 25.2 Å². The molecular weight excluding hydrogens is 301 g/mol. The number of carbonyl (C=O) groups is 1. The number of nitrogens with zero attached hydrogens (tertiary/aromatic N) is 1. The molecule has 0 atom stereocenters. The summed E-state index contributed by atoms with van der Waals surface area (Å²) < 4.78 is 19.7. The molecule has 1 N–H and O–H groups in total. The maximum Gasteiger partial charge on any atom is 0.413 e. The third-order valence-electron chi connectivity index (χ3n) is 3.51. The second kappa shape index (κ2) is 5.57. The summed E-state index contributed by atoms with van der Waals surface area (Å²) in [6, 6.07) is 12.1. The molecule has 1 amide bonds. The Morgan fingerprint density at radius 2 is 1.78 bits per heavy atom. The van der Waals surface area contributed by atoms with Gasteiger partial charge in [0.1, 0.15) is 11.4 Å². The van der Waals surface area contributed by atoms with E-state index >= 15 is 0 Å². The van der Waals surface area contributed by atoms with Crippen LogP contribution in [0.15, 0.2) is 57.7 Å². The Balaban J connectivity index is 2.45. The number of fused-ring (bicyclic) bond motifs is 1. The largest absolute Gasteiger partial charge is 0.465 e. The van der Waals surface area contributed by atoms with Gasteiger partial charge in [-0.2, -0.15) is 0 Å². The van der Waals surface area contributed by atoms with Gasteiger partial charge in [-0.15, -0.1) is 0 Å². The Hall–Kier alpha value is -3.15. The van der Waals surface area contributed by atoms with Crippen LogP contribution in [0.4, 0.5) is 15.1 Å². The molecule has 3 aromatic rings. The third-order valence-corrected chi connectivity index (χ3v) is 3.51. The van der Waals surface area contributed by atoms with E-state index in [-0.39, 0.29) is 28.0 Å². The van der Waals surface area contributed by atoms with Gasteiger partial charge < -0.3 is 9.52 Å². The Kier molecular flexibility index (Phi) is 3.57. The molecule has 0 aliphatic rings. The minimum Gasteiger partial charge on any atom is -0.465 e. The van der Waals surface area contributed by atoms with Gasteiger partial charge in [0.2, 0.25) is 11.3 Å². The van der Waals surface area contributed by atoms with E-state index in [0.717, 1.165) is 4.90 Å². The summed E-state index contributed by atoms with van der Waals surface area (Å²) in [5.74, 6) is -0.846. The smallest absolute Gasteiger partial charge is 0.413 e. The predicted octanol–water partition coefficient (Wildman–Crippen LogP) is 3.71. The molecule has 0 aliphatic carbocycles. The fraction of sp³-hybridized carbons (Fsp3) is 0.0588. The van der Waals surface area contributed by atoms with Crippen LogP contribution in [-0.2, 0) is 0 Å². The summed E-state index contributed by atoms with van der Waals surface area (Å²) in [6.07, 6.45) is -1.32. The van der Waals surface area contributed by atoms with Gasteiger partial charge in [-0.05, 0) is 18.2 Å². The fourth-order valence-electron chi connectivity index (χ4n) is 2.35. The second-order valence-electron chi connectivity index (χ2n) is 4.93. The summed E-state index contributed by atoms with van der Waals surface area (Å²) in [5.41, 5.74) is -0.373. The highest BCUT2D eigenvalue weighted by molar-refractivity contribution is 5.93. The molecule has 0 unspecified atom stereocenters. The van der Waals surface area contributed by atoms with Crippen molar-refractivity contribution in [1.82, 2.24) is 0 Å². The molecule has 0 fully saturated rings. The second-order valence-corrected chi connectivity index (χ2v) is 4.93. The topological polar surface area (TPSA) is 70.8 Å².